The fourth-order valence-electron chi connectivity index (χ4n) is 5.17. The highest BCUT2D eigenvalue weighted by atomic mass is 16.5. The molecule has 2 aromatic carbocycles. The summed E-state index contributed by atoms with van der Waals surface area (Å²) in [6.45, 7) is 5.00. The molecule has 0 spiro atoms. The molecule has 2 atom stereocenters. The number of likely N-dealkylation sites (tertiary alicyclic amines) is 1. The van der Waals surface area contributed by atoms with Crippen LogP contribution in [0.3, 0.4) is 0 Å². The zero-order valence-electron chi connectivity index (χ0n) is 22.3. The van der Waals surface area contributed by atoms with Gasteiger partial charge < -0.3 is 20.1 Å². The normalized spacial score (nSPS) is 17.6. The van der Waals surface area contributed by atoms with Crippen LogP contribution in [0.4, 0.5) is 10.5 Å². The van der Waals surface area contributed by atoms with E-state index in [2.05, 4.69) is 32.8 Å². The van der Waals surface area contributed by atoms with E-state index in [1.807, 2.05) is 62.8 Å². The van der Waals surface area contributed by atoms with Crippen LogP contribution in [0.25, 0.3) is 22.0 Å². The van der Waals surface area contributed by atoms with Gasteiger partial charge >= 0.3 is 6.03 Å². The van der Waals surface area contributed by atoms with Crippen molar-refractivity contribution in [2.24, 2.45) is 7.05 Å². The Morgan fingerprint density at radius 2 is 1.92 bits per heavy atom. The van der Waals surface area contributed by atoms with Crippen molar-refractivity contribution >= 4 is 22.6 Å². The van der Waals surface area contributed by atoms with Gasteiger partial charge in [0.05, 0.1) is 37.3 Å². The number of carbonyl (C=O) groups is 1. The Kier molecular flexibility index (Phi) is 7.57. The molecule has 0 saturated carbocycles. The molecule has 2 N–H and O–H groups in total. The Morgan fingerprint density at radius 1 is 1.11 bits per heavy atom. The van der Waals surface area contributed by atoms with E-state index >= 15 is 0 Å². The zero-order valence-corrected chi connectivity index (χ0v) is 22.3. The maximum Gasteiger partial charge on any atom is 0.319 e. The molecule has 5 rings (SSSR count). The van der Waals surface area contributed by atoms with Gasteiger partial charge in [0.2, 0.25) is 0 Å². The third kappa shape index (κ3) is 5.49. The Balaban J connectivity index is 1.38. The van der Waals surface area contributed by atoms with E-state index in [0.717, 1.165) is 41.7 Å². The summed E-state index contributed by atoms with van der Waals surface area (Å²) in [5.74, 6) is 0.870. The molecule has 9 nitrogen and oxygen atoms in total. The smallest absolute Gasteiger partial charge is 0.319 e. The molecule has 0 bridgehead atoms. The number of aromatic nitrogens is 3. The van der Waals surface area contributed by atoms with E-state index in [9.17, 15) is 4.79 Å². The first kappa shape index (κ1) is 25.7. The summed E-state index contributed by atoms with van der Waals surface area (Å²) < 4.78 is 12.7. The molecule has 198 valence electrons. The minimum Gasteiger partial charge on any atom is -0.494 e. The largest absolute Gasteiger partial charge is 0.494 e. The summed E-state index contributed by atoms with van der Waals surface area (Å²) in [4.78, 5) is 20.3. The maximum absolute atomic E-state index is 13.2. The SMILES string of the molecule is COCCN1C[C@@H](NC(=O)Nc2cc3cc(-c4cnn(C)c4)cc(OC)c3nc2C)[C@H](c2ccccc2)C1. The minimum absolute atomic E-state index is 0.0275. The number of hydrogen-bond acceptors (Lipinski definition) is 6. The Bertz CT molecular complexity index is 1420. The Labute approximate surface area is 222 Å². The number of nitrogens with one attached hydrogen (secondary N) is 2. The van der Waals surface area contributed by atoms with Crippen LogP contribution in [-0.4, -0.2) is 72.2 Å². The monoisotopic (exact) mass is 514 g/mol. The zero-order chi connectivity index (χ0) is 26.6. The summed E-state index contributed by atoms with van der Waals surface area (Å²) in [6, 6.07) is 16.0. The molecule has 9 heteroatoms. The third-order valence-corrected chi connectivity index (χ3v) is 7.13. The predicted octanol–water partition coefficient (Wildman–Crippen LogP) is 4.19. The topological polar surface area (TPSA) is 93.5 Å². The summed E-state index contributed by atoms with van der Waals surface area (Å²) in [5.41, 5.74) is 5.29. The van der Waals surface area contributed by atoms with Crippen molar-refractivity contribution in [1.29, 1.82) is 0 Å². The van der Waals surface area contributed by atoms with Crippen LogP contribution in [0.2, 0.25) is 0 Å². The molecule has 3 heterocycles. The number of pyridine rings is 1. The first-order valence-corrected chi connectivity index (χ1v) is 12.8. The molecule has 1 saturated heterocycles. The highest BCUT2D eigenvalue weighted by Crippen LogP contribution is 2.34. The molecule has 2 aromatic heterocycles. The predicted molar refractivity (Wildman–Crippen MR) is 149 cm³/mol. The first-order chi connectivity index (χ1) is 18.4. The van der Waals surface area contributed by atoms with Crippen molar-refractivity contribution in [3.63, 3.8) is 0 Å². The van der Waals surface area contributed by atoms with Crippen molar-refractivity contribution in [2.45, 2.75) is 18.9 Å². The van der Waals surface area contributed by atoms with Crippen LogP contribution in [0.5, 0.6) is 5.75 Å². The van der Waals surface area contributed by atoms with Gasteiger partial charge in [-0.05, 0) is 36.2 Å². The molecular formula is C29H34N6O3. The number of benzene rings is 2. The fourth-order valence-corrected chi connectivity index (χ4v) is 5.17. The number of fused-ring (bicyclic) bond motifs is 1. The summed E-state index contributed by atoms with van der Waals surface area (Å²) in [7, 11) is 5.24. The van der Waals surface area contributed by atoms with Gasteiger partial charge in [-0.1, -0.05) is 30.3 Å². The lowest BCUT2D eigenvalue weighted by molar-refractivity contribution is 0.159. The lowest BCUT2D eigenvalue weighted by atomic mass is 9.94. The van der Waals surface area contributed by atoms with Crippen molar-refractivity contribution in [3.8, 4) is 16.9 Å². The van der Waals surface area contributed by atoms with Gasteiger partial charge in [-0.25, -0.2) is 9.78 Å². The highest BCUT2D eigenvalue weighted by molar-refractivity contribution is 5.96. The average molecular weight is 515 g/mol. The van der Waals surface area contributed by atoms with Crippen LogP contribution in [0.15, 0.2) is 60.9 Å². The average Bonchev–Trinajstić information content (AvgIpc) is 3.53. The van der Waals surface area contributed by atoms with Gasteiger partial charge in [-0.15, -0.1) is 0 Å². The number of carbonyl (C=O) groups excluding carboxylic acids is 1. The molecule has 38 heavy (non-hydrogen) atoms. The van der Waals surface area contributed by atoms with Gasteiger partial charge in [-0.3, -0.25) is 9.58 Å². The van der Waals surface area contributed by atoms with Gasteiger partial charge in [0.1, 0.15) is 11.3 Å². The number of urea groups is 1. The number of methoxy groups -OCH3 is 2. The van der Waals surface area contributed by atoms with Crippen molar-refractivity contribution in [1.82, 2.24) is 25.0 Å². The van der Waals surface area contributed by atoms with Crippen molar-refractivity contribution in [3.05, 3.63) is 72.2 Å². The Hall–Kier alpha value is -3.95. The van der Waals surface area contributed by atoms with Crippen molar-refractivity contribution < 1.29 is 14.3 Å². The van der Waals surface area contributed by atoms with Crippen LogP contribution in [0.1, 0.15) is 17.2 Å². The second-order valence-corrected chi connectivity index (χ2v) is 9.75. The van der Waals surface area contributed by atoms with Crippen LogP contribution < -0.4 is 15.4 Å². The molecular weight excluding hydrogens is 480 g/mol. The number of aryl methyl sites for hydroxylation is 2. The first-order valence-electron chi connectivity index (χ1n) is 12.8. The minimum atomic E-state index is -0.246. The van der Waals surface area contributed by atoms with Gasteiger partial charge in [0.25, 0.3) is 0 Å². The van der Waals surface area contributed by atoms with Gasteiger partial charge in [0, 0.05) is 56.9 Å². The van der Waals surface area contributed by atoms with E-state index in [0.29, 0.717) is 23.7 Å². The maximum atomic E-state index is 13.2. The van der Waals surface area contributed by atoms with Crippen LogP contribution in [-0.2, 0) is 11.8 Å². The molecule has 1 fully saturated rings. The van der Waals surface area contributed by atoms with E-state index < -0.39 is 0 Å². The number of amides is 2. The summed E-state index contributed by atoms with van der Waals surface area (Å²) in [6.07, 6.45) is 3.77. The lowest BCUT2D eigenvalue weighted by Gasteiger charge is -2.21. The standard InChI is InChI=1S/C29H34N6O3/c1-19-25(13-22-12-21(23-15-30-34(2)16-23)14-27(38-4)28(22)31-19)32-29(36)33-26-18-35(10-11-37-3)17-24(26)20-8-6-5-7-9-20/h5-9,12-16,24,26H,10-11,17-18H2,1-4H3,(H2,32,33,36)/t24-,26+/m0/s1. The van der Waals surface area contributed by atoms with E-state index in [4.69, 9.17) is 14.5 Å². The number of rotatable bonds is 8. The highest BCUT2D eigenvalue weighted by Gasteiger charge is 2.34. The van der Waals surface area contributed by atoms with Crippen molar-refractivity contribution in [2.75, 3.05) is 45.8 Å². The van der Waals surface area contributed by atoms with E-state index in [1.54, 1.807) is 18.9 Å². The molecule has 0 radical (unpaired) electrons. The molecule has 2 amide bonds. The van der Waals surface area contributed by atoms with Crippen LogP contribution in [0, 0.1) is 6.92 Å². The summed E-state index contributed by atoms with van der Waals surface area (Å²) >= 11 is 0. The quantitative estimate of drug-likeness (QED) is 0.366. The number of anilines is 1. The molecule has 1 aliphatic rings. The molecule has 1 aliphatic heterocycles. The van der Waals surface area contributed by atoms with Gasteiger partial charge in [0.15, 0.2) is 0 Å². The number of hydrogen-bond donors (Lipinski definition) is 2. The number of ether oxygens (including phenoxy) is 2. The second-order valence-electron chi connectivity index (χ2n) is 9.75. The van der Waals surface area contributed by atoms with E-state index in [1.165, 1.54) is 5.56 Å². The summed E-state index contributed by atoms with van der Waals surface area (Å²) in [5, 5.41) is 11.4. The number of nitrogens with zero attached hydrogens (tertiary/aromatic N) is 4. The third-order valence-electron chi connectivity index (χ3n) is 7.13. The lowest BCUT2D eigenvalue weighted by Crippen LogP contribution is -2.42. The van der Waals surface area contributed by atoms with E-state index in [-0.39, 0.29) is 18.0 Å². The van der Waals surface area contributed by atoms with Gasteiger partial charge in [-0.2, -0.15) is 5.10 Å². The molecule has 0 unspecified atom stereocenters. The molecule has 0 aliphatic carbocycles. The Morgan fingerprint density at radius 3 is 2.63 bits per heavy atom. The fraction of sp³-hybridized carbons (Fsp3) is 0.345. The second kappa shape index (κ2) is 11.2. The molecule has 4 aromatic rings. The van der Waals surface area contributed by atoms with Crippen LogP contribution >= 0.6 is 0 Å².